The van der Waals surface area contributed by atoms with Crippen LogP contribution in [0.5, 0.6) is 0 Å². The minimum atomic E-state index is 0.0472. The van der Waals surface area contributed by atoms with Crippen LogP contribution in [0.25, 0.3) is 0 Å². The lowest BCUT2D eigenvalue weighted by Crippen LogP contribution is -1.98. The molecule has 0 saturated heterocycles. The highest BCUT2D eigenvalue weighted by Gasteiger charge is 2.24. The Balaban J connectivity index is 1.30. The summed E-state index contributed by atoms with van der Waals surface area (Å²) in [6.45, 7) is 11.4. The van der Waals surface area contributed by atoms with Gasteiger partial charge in [-0.15, -0.1) is 47.0 Å². The number of carbonyl (C=O) groups excluding carboxylic acids is 2. The number of allylic oxidation sites excluding steroid dienone is 2. The second kappa shape index (κ2) is 16.4. The van der Waals surface area contributed by atoms with Gasteiger partial charge in [0.2, 0.25) is 10.2 Å². The molecule has 0 aliphatic carbocycles. The molecule has 194 valence electrons. The summed E-state index contributed by atoms with van der Waals surface area (Å²) in [6.07, 6.45) is 2.78. The Bertz CT molecular complexity index is 934. The van der Waals surface area contributed by atoms with Crippen LogP contribution in [0.1, 0.15) is 25.0 Å². The number of hydrogen-bond donors (Lipinski definition) is 0. The first-order valence-corrected chi connectivity index (χ1v) is 19.1. The lowest BCUT2D eigenvalue weighted by molar-refractivity contribution is -0.107. The molecule has 0 saturated carbocycles. The lowest BCUT2D eigenvalue weighted by atomic mass is 10.2. The maximum absolute atomic E-state index is 11.5. The van der Waals surface area contributed by atoms with E-state index in [1.54, 1.807) is 0 Å². The summed E-state index contributed by atoms with van der Waals surface area (Å²) in [7, 11) is 0. The Labute approximate surface area is 249 Å². The molecule has 2 nitrogen and oxygen atoms in total. The first kappa shape index (κ1) is 30.9. The van der Waals surface area contributed by atoms with Gasteiger partial charge in [-0.25, -0.2) is 0 Å². The first-order valence-electron chi connectivity index (χ1n) is 11.3. The Morgan fingerprint density at radius 2 is 1.11 bits per heavy atom. The molecular weight excluding hydrogens is 601 g/mol. The third kappa shape index (κ3) is 10.5. The molecule has 2 heterocycles. The fourth-order valence-corrected chi connectivity index (χ4v) is 13.8. The quantitative estimate of drug-likeness (QED) is 0.186. The van der Waals surface area contributed by atoms with Crippen LogP contribution in [-0.4, -0.2) is 42.4 Å². The molecular formula is C26H30O2S8. The lowest BCUT2D eigenvalue weighted by Gasteiger charge is -2.10. The van der Waals surface area contributed by atoms with Crippen molar-refractivity contribution in [3.8, 4) is 0 Å². The number of benzene rings is 1. The minimum Gasteiger partial charge on any atom is -0.282 e. The summed E-state index contributed by atoms with van der Waals surface area (Å²) in [5.41, 5.74) is 2.74. The predicted octanol–water partition coefficient (Wildman–Crippen LogP) is 9.12. The Hall–Kier alpha value is 0.320. The second-order valence-corrected chi connectivity index (χ2v) is 17.8. The van der Waals surface area contributed by atoms with E-state index in [-0.39, 0.29) is 10.2 Å². The highest BCUT2D eigenvalue weighted by atomic mass is 32.2. The molecule has 10 heteroatoms. The summed E-state index contributed by atoms with van der Waals surface area (Å²) < 4.78 is 1.07. The van der Waals surface area contributed by atoms with Crippen molar-refractivity contribution in [3.05, 3.63) is 80.3 Å². The SMILES string of the molecule is C=CC(=O)SCC1=C(C)SC(CSCc2ccc(CSCC3SC(C)=C(CSC(=O)C=C)S3)cc2)S1. The average Bonchev–Trinajstić information content (AvgIpc) is 3.42. The zero-order valence-electron chi connectivity index (χ0n) is 20.4. The molecule has 2 atom stereocenters. The molecule has 1 aromatic rings. The molecule has 3 rings (SSSR count). The van der Waals surface area contributed by atoms with Gasteiger partial charge < -0.3 is 0 Å². The van der Waals surface area contributed by atoms with Crippen LogP contribution >= 0.6 is 94.1 Å². The molecule has 2 aliphatic rings. The second-order valence-electron chi connectivity index (χ2n) is 7.76. The van der Waals surface area contributed by atoms with Crippen LogP contribution < -0.4 is 0 Å². The zero-order chi connectivity index (χ0) is 25.9. The summed E-state index contributed by atoms with van der Waals surface area (Å²) >= 11 is 14.4. The van der Waals surface area contributed by atoms with Crippen molar-refractivity contribution in [1.82, 2.24) is 0 Å². The molecule has 0 fully saturated rings. The number of rotatable bonds is 14. The number of hydrogen-bond acceptors (Lipinski definition) is 10. The van der Waals surface area contributed by atoms with E-state index >= 15 is 0 Å². The fraction of sp³-hybridized carbons (Fsp3) is 0.385. The Kier molecular flexibility index (Phi) is 14.1. The summed E-state index contributed by atoms with van der Waals surface area (Å²) in [6, 6.07) is 9.06. The van der Waals surface area contributed by atoms with Gasteiger partial charge in [0.05, 0.1) is 9.16 Å². The van der Waals surface area contributed by atoms with Crippen LogP contribution in [0.4, 0.5) is 0 Å². The van der Waals surface area contributed by atoms with Gasteiger partial charge in [-0.05, 0) is 46.9 Å². The van der Waals surface area contributed by atoms with Crippen LogP contribution in [0.3, 0.4) is 0 Å². The van der Waals surface area contributed by atoms with Gasteiger partial charge in [0.15, 0.2) is 0 Å². The molecule has 36 heavy (non-hydrogen) atoms. The molecule has 0 N–H and O–H groups in total. The van der Waals surface area contributed by atoms with E-state index in [0.29, 0.717) is 9.16 Å². The Morgan fingerprint density at radius 1 is 0.722 bits per heavy atom. The number of thioether (sulfide) groups is 8. The molecule has 0 radical (unpaired) electrons. The maximum Gasteiger partial charge on any atom is 0.211 e. The predicted molar refractivity (Wildman–Crippen MR) is 177 cm³/mol. The van der Waals surface area contributed by atoms with E-state index in [1.807, 2.05) is 70.6 Å². The van der Waals surface area contributed by atoms with E-state index in [0.717, 1.165) is 34.5 Å². The topological polar surface area (TPSA) is 34.1 Å². The van der Waals surface area contributed by atoms with Gasteiger partial charge in [0.25, 0.3) is 0 Å². The summed E-state index contributed by atoms with van der Waals surface area (Å²) in [4.78, 5) is 28.4. The minimum absolute atomic E-state index is 0.0472. The van der Waals surface area contributed by atoms with E-state index in [1.165, 1.54) is 66.4 Å². The standard InChI is InChI=1S/C26H30O2S8/c1-5-23(27)31-13-21-17(3)33-25(35-21)15-29-11-19-7-9-20(10-8-19)12-30-16-26-34-18(4)22(36-26)14-32-24(28)6-2/h5-10,25-26H,1-2,11-16H2,3-4H3. The van der Waals surface area contributed by atoms with E-state index in [2.05, 4.69) is 51.3 Å². The third-order valence-corrected chi connectivity index (χ3v) is 16.0. The van der Waals surface area contributed by atoms with Gasteiger partial charge in [0.1, 0.15) is 0 Å². The van der Waals surface area contributed by atoms with Crippen molar-refractivity contribution in [2.75, 3.05) is 23.0 Å². The molecule has 1 aromatic carbocycles. The third-order valence-electron chi connectivity index (χ3n) is 5.04. The highest BCUT2D eigenvalue weighted by Crippen LogP contribution is 2.49. The maximum atomic E-state index is 11.5. The van der Waals surface area contributed by atoms with Crippen molar-refractivity contribution < 1.29 is 9.59 Å². The smallest absolute Gasteiger partial charge is 0.211 e. The number of carbonyl (C=O) groups is 2. The van der Waals surface area contributed by atoms with E-state index < -0.39 is 0 Å². The van der Waals surface area contributed by atoms with E-state index in [4.69, 9.17) is 0 Å². The molecule has 0 spiro atoms. The van der Waals surface area contributed by atoms with Crippen LogP contribution in [-0.2, 0) is 21.1 Å². The first-order chi connectivity index (χ1) is 17.4. The monoisotopic (exact) mass is 630 g/mol. The van der Waals surface area contributed by atoms with Crippen molar-refractivity contribution in [2.24, 2.45) is 0 Å². The van der Waals surface area contributed by atoms with Gasteiger partial charge in [-0.1, -0.05) is 60.9 Å². The Morgan fingerprint density at radius 3 is 1.47 bits per heavy atom. The van der Waals surface area contributed by atoms with Crippen molar-refractivity contribution in [1.29, 1.82) is 0 Å². The van der Waals surface area contributed by atoms with Gasteiger partial charge >= 0.3 is 0 Å². The van der Waals surface area contributed by atoms with Crippen LogP contribution in [0.15, 0.2) is 69.2 Å². The highest BCUT2D eigenvalue weighted by molar-refractivity contribution is 8.25. The van der Waals surface area contributed by atoms with Crippen molar-refractivity contribution in [2.45, 2.75) is 34.5 Å². The summed E-state index contributed by atoms with van der Waals surface area (Å²) in [5.74, 6) is 5.78. The van der Waals surface area contributed by atoms with Gasteiger partial charge in [0, 0.05) is 44.3 Å². The van der Waals surface area contributed by atoms with E-state index in [9.17, 15) is 9.59 Å². The van der Waals surface area contributed by atoms with Gasteiger partial charge in [-0.2, -0.15) is 23.5 Å². The molecule has 0 amide bonds. The molecule has 2 unspecified atom stereocenters. The van der Waals surface area contributed by atoms with Gasteiger partial charge in [-0.3, -0.25) is 9.59 Å². The van der Waals surface area contributed by atoms with Crippen molar-refractivity contribution in [3.63, 3.8) is 0 Å². The normalized spacial score (nSPS) is 19.7. The van der Waals surface area contributed by atoms with Crippen LogP contribution in [0.2, 0.25) is 0 Å². The summed E-state index contributed by atoms with van der Waals surface area (Å²) in [5, 5.41) is 0.0944. The average molecular weight is 631 g/mol. The van der Waals surface area contributed by atoms with Crippen LogP contribution in [0, 0.1) is 0 Å². The van der Waals surface area contributed by atoms with Crippen molar-refractivity contribution >= 4 is 104 Å². The molecule has 0 bridgehead atoms. The molecule has 2 aliphatic heterocycles. The molecule has 0 aromatic heterocycles. The fourth-order valence-electron chi connectivity index (χ4n) is 3.13. The largest absolute Gasteiger partial charge is 0.282 e. The zero-order valence-corrected chi connectivity index (χ0v) is 26.9.